The van der Waals surface area contributed by atoms with Crippen molar-refractivity contribution in [1.82, 2.24) is 0 Å². The van der Waals surface area contributed by atoms with Gasteiger partial charge in [-0.05, 0) is 52.6 Å². The maximum absolute atomic E-state index is 12.9. The van der Waals surface area contributed by atoms with Crippen molar-refractivity contribution in [2.24, 2.45) is 0 Å². The van der Waals surface area contributed by atoms with E-state index >= 15 is 0 Å². The second-order valence-corrected chi connectivity index (χ2v) is 10.6. The molecule has 1 aliphatic rings. The second kappa shape index (κ2) is 6.88. The highest BCUT2D eigenvalue weighted by Gasteiger charge is 2.34. The van der Waals surface area contributed by atoms with Gasteiger partial charge in [-0.25, -0.2) is 8.42 Å². The molecule has 1 aliphatic heterocycles. The van der Waals surface area contributed by atoms with Crippen molar-refractivity contribution in [2.75, 3.05) is 0 Å². The van der Waals surface area contributed by atoms with Crippen molar-refractivity contribution < 1.29 is 21.4 Å². The molecule has 0 aliphatic carbocycles. The van der Waals surface area contributed by atoms with Gasteiger partial charge in [0.15, 0.2) is 0 Å². The van der Waals surface area contributed by atoms with Gasteiger partial charge < -0.3 is 0 Å². The van der Waals surface area contributed by atoms with Crippen molar-refractivity contribution in [1.29, 1.82) is 0 Å². The van der Waals surface area contributed by atoms with Crippen LogP contribution in [0, 0.1) is 0 Å². The van der Waals surface area contributed by atoms with Gasteiger partial charge in [-0.3, -0.25) is 4.55 Å². The maximum Gasteiger partial charge on any atom is 0.294 e. The molecule has 31 heavy (non-hydrogen) atoms. The third-order valence-corrected chi connectivity index (χ3v) is 8.14. The van der Waals surface area contributed by atoms with Gasteiger partial charge in [0.1, 0.15) is 0 Å². The third-order valence-electron chi connectivity index (χ3n) is 5.42. The summed E-state index contributed by atoms with van der Waals surface area (Å²) in [7, 11) is -8.20. The minimum atomic E-state index is -4.45. The number of rotatable bonds is 3. The Morgan fingerprint density at radius 3 is 1.68 bits per heavy atom. The van der Waals surface area contributed by atoms with Gasteiger partial charge in [0.05, 0.1) is 14.7 Å². The fraction of sp³-hybridized carbons (Fsp3) is 0. The van der Waals surface area contributed by atoms with Crippen molar-refractivity contribution in [3.05, 3.63) is 91.0 Å². The molecule has 0 saturated carbocycles. The molecule has 0 fully saturated rings. The Morgan fingerprint density at radius 2 is 1.06 bits per heavy atom. The van der Waals surface area contributed by atoms with E-state index in [1.54, 1.807) is 12.1 Å². The molecule has 1 N–H and O–H groups in total. The molecule has 0 spiro atoms. The van der Waals surface area contributed by atoms with Gasteiger partial charge in [0, 0.05) is 11.1 Å². The van der Waals surface area contributed by atoms with Crippen LogP contribution in [0.5, 0.6) is 0 Å². The summed E-state index contributed by atoms with van der Waals surface area (Å²) in [5, 5.41) is 0. The largest absolute Gasteiger partial charge is 0.294 e. The Morgan fingerprint density at radius 1 is 0.581 bits per heavy atom. The van der Waals surface area contributed by atoms with Crippen LogP contribution in [-0.4, -0.2) is 21.4 Å². The highest BCUT2D eigenvalue weighted by molar-refractivity contribution is 7.92. The number of benzene rings is 4. The predicted molar refractivity (Wildman–Crippen MR) is 118 cm³/mol. The van der Waals surface area contributed by atoms with Crippen LogP contribution in [0.25, 0.3) is 33.4 Å². The van der Waals surface area contributed by atoms with Gasteiger partial charge in [-0.2, -0.15) is 8.42 Å². The predicted octanol–water partition coefficient (Wildman–Crippen LogP) is 5.08. The van der Waals surface area contributed by atoms with Crippen molar-refractivity contribution in [3.8, 4) is 33.4 Å². The number of sulfone groups is 1. The van der Waals surface area contributed by atoms with E-state index in [4.69, 9.17) is 0 Å². The zero-order chi connectivity index (χ0) is 21.8. The molecule has 0 aromatic heterocycles. The minimum absolute atomic E-state index is 0.0338. The summed E-state index contributed by atoms with van der Waals surface area (Å²) in [6.07, 6.45) is 0. The smallest absolute Gasteiger partial charge is 0.282 e. The molecule has 0 radical (unpaired) electrons. The Balaban J connectivity index is 1.62. The third kappa shape index (κ3) is 3.27. The zero-order valence-electron chi connectivity index (χ0n) is 16.1. The van der Waals surface area contributed by atoms with E-state index in [2.05, 4.69) is 0 Å². The highest BCUT2D eigenvalue weighted by atomic mass is 32.2. The Kier molecular flexibility index (Phi) is 4.37. The molecular formula is C24H16O5S2. The first-order valence-corrected chi connectivity index (χ1v) is 12.3. The van der Waals surface area contributed by atoms with E-state index in [0.717, 1.165) is 28.3 Å². The first-order valence-electron chi connectivity index (χ1n) is 9.42. The average molecular weight is 449 g/mol. The van der Waals surface area contributed by atoms with Crippen molar-refractivity contribution >= 4 is 20.0 Å². The van der Waals surface area contributed by atoms with Gasteiger partial charge in [-0.1, -0.05) is 60.7 Å². The van der Waals surface area contributed by atoms with Crippen LogP contribution in [-0.2, 0) is 20.0 Å². The topological polar surface area (TPSA) is 88.5 Å². The molecule has 4 aromatic carbocycles. The molecule has 5 rings (SSSR count). The summed E-state index contributed by atoms with van der Waals surface area (Å²) in [4.78, 5) is -0.182. The van der Waals surface area contributed by atoms with Crippen LogP contribution in [0.3, 0.4) is 0 Å². The monoisotopic (exact) mass is 448 g/mol. The highest BCUT2D eigenvalue weighted by Crippen LogP contribution is 2.45. The number of hydrogen-bond donors (Lipinski definition) is 1. The number of hydrogen-bond acceptors (Lipinski definition) is 4. The molecule has 0 bridgehead atoms. The standard InChI is InChI=1S/C24H16O5S2/c25-30(26)23-12-10-19(18-8-6-17(7-9-18)16-4-2-1-3-5-16)14-21(23)22-15-20(31(27,28)29)11-13-24(22)30/h1-15H,(H,27,28,29). The molecule has 0 unspecified atom stereocenters. The molecule has 5 nitrogen and oxygen atoms in total. The van der Waals surface area contributed by atoms with E-state index in [1.165, 1.54) is 18.2 Å². The second-order valence-electron chi connectivity index (χ2n) is 7.29. The average Bonchev–Trinajstić information content (AvgIpc) is 3.00. The fourth-order valence-corrected chi connectivity index (χ4v) is 6.03. The van der Waals surface area contributed by atoms with Gasteiger partial charge in [-0.15, -0.1) is 0 Å². The van der Waals surface area contributed by atoms with E-state index in [9.17, 15) is 21.4 Å². The SMILES string of the molecule is O=S(=O)(O)c1ccc2c(c1)-c1cc(-c3ccc(-c4ccccc4)cc3)ccc1S2(=O)=O. The van der Waals surface area contributed by atoms with Crippen molar-refractivity contribution in [2.45, 2.75) is 14.7 Å². The summed E-state index contributed by atoms with van der Waals surface area (Å²) < 4.78 is 58.2. The lowest BCUT2D eigenvalue weighted by Gasteiger charge is -2.07. The van der Waals surface area contributed by atoms with E-state index in [-0.39, 0.29) is 20.2 Å². The van der Waals surface area contributed by atoms with E-state index < -0.39 is 20.0 Å². The number of fused-ring (bicyclic) bond motifs is 3. The molecule has 7 heteroatoms. The normalized spacial score (nSPS) is 14.1. The van der Waals surface area contributed by atoms with Crippen LogP contribution < -0.4 is 0 Å². The van der Waals surface area contributed by atoms with Crippen LogP contribution >= 0.6 is 0 Å². The van der Waals surface area contributed by atoms with Crippen LogP contribution in [0.15, 0.2) is 106 Å². The summed E-state index contributed by atoms with van der Waals surface area (Å²) in [5.74, 6) is 0. The molecular weight excluding hydrogens is 432 g/mol. The molecule has 4 aromatic rings. The van der Waals surface area contributed by atoms with E-state index in [0.29, 0.717) is 5.56 Å². The van der Waals surface area contributed by atoms with Gasteiger partial charge >= 0.3 is 0 Å². The Hall–Kier alpha value is -3.26. The molecule has 0 saturated heterocycles. The van der Waals surface area contributed by atoms with Crippen LogP contribution in [0.1, 0.15) is 0 Å². The van der Waals surface area contributed by atoms with Crippen LogP contribution in [0.2, 0.25) is 0 Å². The Labute approximate surface area is 180 Å². The fourth-order valence-electron chi connectivity index (χ4n) is 3.87. The van der Waals surface area contributed by atoms with Crippen LogP contribution in [0.4, 0.5) is 0 Å². The first kappa shape index (κ1) is 19.7. The quantitative estimate of drug-likeness (QED) is 0.389. The summed E-state index contributed by atoms with van der Waals surface area (Å²) in [5.41, 5.74) is 4.56. The molecule has 154 valence electrons. The minimum Gasteiger partial charge on any atom is -0.282 e. The lowest BCUT2D eigenvalue weighted by molar-refractivity contribution is 0.483. The van der Waals surface area contributed by atoms with E-state index in [1.807, 2.05) is 54.6 Å². The van der Waals surface area contributed by atoms with Crippen molar-refractivity contribution in [3.63, 3.8) is 0 Å². The molecule has 0 atom stereocenters. The molecule has 1 heterocycles. The zero-order valence-corrected chi connectivity index (χ0v) is 17.7. The Bertz CT molecular complexity index is 1540. The summed E-state index contributed by atoms with van der Waals surface area (Å²) >= 11 is 0. The molecule has 0 amide bonds. The lowest BCUT2D eigenvalue weighted by Crippen LogP contribution is -2.00. The summed E-state index contributed by atoms with van der Waals surface area (Å²) in [6.45, 7) is 0. The maximum atomic E-state index is 12.9. The van der Waals surface area contributed by atoms with Gasteiger partial charge in [0.2, 0.25) is 9.84 Å². The lowest BCUT2D eigenvalue weighted by atomic mass is 9.97. The first-order chi connectivity index (χ1) is 14.7. The van der Waals surface area contributed by atoms with Gasteiger partial charge in [0.25, 0.3) is 10.1 Å². The summed E-state index contributed by atoms with van der Waals surface area (Å²) in [6, 6.07) is 26.4.